The molecular formula is C12H15N7O3. The fourth-order valence-electron chi connectivity index (χ4n) is 2.06. The first kappa shape index (κ1) is 14.2. The SMILES string of the molecule is CCOC(=O)Cc1nnc2c(NC(C)C)nc3nonc3n12. The largest absolute Gasteiger partial charge is 0.466 e. The van der Waals surface area contributed by atoms with Gasteiger partial charge in [0.15, 0.2) is 11.6 Å². The summed E-state index contributed by atoms with van der Waals surface area (Å²) in [6.07, 6.45) is -0.0257. The number of carbonyl (C=O) groups excluding carboxylic acids is 1. The number of anilines is 1. The van der Waals surface area contributed by atoms with Crippen molar-refractivity contribution < 1.29 is 14.2 Å². The van der Waals surface area contributed by atoms with Crippen LogP contribution >= 0.6 is 0 Å². The molecule has 0 atom stereocenters. The summed E-state index contributed by atoms with van der Waals surface area (Å²) in [6, 6.07) is 0.138. The Bertz CT molecular complexity index is 823. The van der Waals surface area contributed by atoms with Crippen molar-refractivity contribution in [2.45, 2.75) is 33.2 Å². The van der Waals surface area contributed by atoms with Crippen LogP contribution in [0.25, 0.3) is 16.9 Å². The summed E-state index contributed by atoms with van der Waals surface area (Å²) in [7, 11) is 0. The number of rotatable bonds is 5. The van der Waals surface area contributed by atoms with Crippen LogP contribution in [0.4, 0.5) is 5.82 Å². The Hall–Kier alpha value is -2.78. The standard InChI is InChI=1S/C12H15N7O3/c1-4-21-8(20)5-7-15-16-11-9(13-6(2)3)14-10-12(19(7)11)18-22-17-10/h6H,4-5H2,1-3H3,(H,13,14,17). The van der Waals surface area contributed by atoms with Gasteiger partial charge in [-0.05, 0) is 31.1 Å². The lowest BCUT2D eigenvalue weighted by Crippen LogP contribution is -2.14. The Morgan fingerprint density at radius 2 is 2.14 bits per heavy atom. The Labute approximate surface area is 124 Å². The molecule has 0 saturated heterocycles. The highest BCUT2D eigenvalue weighted by Gasteiger charge is 2.20. The van der Waals surface area contributed by atoms with E-state index in [1.54, 1.807) is 11.3 Å². The third-order valence-corrected chi connectivity index (χ3v) is 2.86. The number of hydrogen-bond acceptors (Lipinski definition) is 9. The first-order valence-corrected chi connectivity index (χ1v) is 6.88. The molecule has 0 spiro atoms. The molecule has 0 aliphatic heterocycles. The third kappa shape index (κ3) is 2.43. The normalized spacial score (nSPS) is 11.5. The van der Waals surface area contributed by atoms with Gasteiger partial charge in [-0.2, -0.15) is 0 Å². The van der Waals surface area contributed by atoms with Crippen molar-refractivity contribution in [1.82, 2.24) is 29.9 Å². The Morgan fingerprint density at radius 1 is 1.32 bits per heavy atom. The second-order valence-electron chi connectivity index (χ2n) is 4.93. The first-order valence-electron chi connectivity index (χ1n) is 6.88. The van der Waals surface area contributed by atoms with Gasteiger partial charge in [0, 0.05) is 6.04 Å². The highest BCUT2D eigenvalue weighted by Crippen LogP contribution is 2.20. The summed E-state index contributed by atoms with van der Waals surface area (Å²) < 4.78 is 11.3. The fraction of sp³-hybridized carbons (Fsp3) is 0.500. The highest BCUT2D eigenvalue weighted by atomic mass is 16.6. The van der Waals surface area contributed by atoms with Crippen LogP contribution < -0.4 is 5.32 Å². The molecule has 0 saturated carbocycles. The van der Waals surface area contributed by atoms with Crippen LogP contribution in [-0.2, 0) is 16.0 Å². The molecule has 0 radical (unpaired) electrons. The van der Waals surface area contributed by atoms with Crippen molar-refractivity contribution in [2.24, 2.45) is 0 Å². The maximum Gasteiger partial charge on any atom is 0.313 e. The smallest absolute Gasteiger partial charge is 0.313 e. The van der Waals surface area contributed by atoms with E-state index in [9.17, 15) is 4.79 Å². The second-order valence-corrected chi connectivity index (χ2v) is 4.93. The summed E-state index contributed by atoms with van der Waals surface area (Å²) in [5.74, 6) is 0.501. The summed E-state index contributed by atoms with van der Waals surface area (Å²) >= 11 is 0. The average molecular weight is 305 g/mol. The van der Waals surface area contributed by atoms with Crippen molar-refractivity contribution in [1.29, 1.82) is 0 Å². The van der Waals surface area contributed by atoms with Crippen LogP contribution in [0.2, 0.25) is 0 Å². The van der Waals surface area contributed by atoms with Gasteiger partial charge in [0.25, 0.3) is 0 Å². The van der Waals surface area contributed by atoms with Crippen LogP contribution in [0.1, 0.15) is 26.6 Å². The molecule has 0 amide bonds. The van der Waals surface area contributed by atoms with E-state index in [1.807, 2.05) is 13.8 Å². The van der Waals surface area contributed by atoms with E-state index in [0.29, 0.717) is 35.2 Å². The van der Waals surface area contributed by atoms with Gasteiger partial charge in [0.05, 0.1) is 6.61 Å². The van der Waals surface area contributed by atoms with Crippen molar-refractivity contribution in [3.63, 3.8) is 0 Å². The van der Waals surface area contributed by atoms with E-state index < -0.39 is 5.97 Å². The van der Waals surface area contributed by atoms with Gasteiger partial charge in [-0.3, -0.25) is 9.20 Å². The second kappa shape index (κ2) is 5.54. The molecule has 3 heterocycles. The average Bonchev–Trinajstić information content (AvgIpc) is 3.05. The zero-order valence-electron chi connectivity index (χ0n) is 12.4. The number of hydrogen-bond donors (Lipinski definition) is 1. The van der Waals surface area contributed by atoms with Crippen LogP contribution in [0.5, 0.6) is 0 Å². The van der Waals surface area contributed by atoms with E-state index in [2.05, 4.69) is 30.8 Å². The summed E-state index contributed by atoms with van der Waals surface area (Å²) in [5.41, 5.74) is 1.12. The Morgan fingerprint density at radius 3 is 2.86 bits per heavy atom. The van der Waals surface area contributed by atoms with Gasteiger partial charge < -0.3 is 10.1 Å². The zero-order chi connectivity index (χ0) is 15.7. The van der Waals surface area contributed by atoms with Gasteiger partial charge in [0.1, 0.15) is 6.42 Å². The number of aromatic nitrogens is 6. The maximum atomic E-state index is 11.7. The highest BCUT2D eigenvalue weighted by molar-refractivity contribution is 5.78. The van der Waals surface area contributed by atoms with E-state index in [1.165, 1.54) is 0 Å². The number of nitrogens with one attached hydrogen (secondary N) is 1. The predicted octanol–water partition coefficient (Wildman–Crippen LogP) is 0.586. The van der Waals surface area contributed by atoms with Gasteiger partial charge in [-0.15, -0.1) is 10.2 Å². The Kier molecular flexibility index (Phi) is 3.57. The number of esters is 1. The molecule has 0 fully saturated rings. The minimum Gasteiger partial charge on any atom is -0.466 e. The molecule has 0 unspecified atom stereocenters. The number of carbonyl (C=O) groups is 1. The maximum absolute atomic E-state index is 11.7. The lowest BCUT2D eigenvalue weighted by molar-refractivity contribution is -0.142. The first-order chi connectivity index (χ1) is 10.6. The molecule has 3 aromatic rings. The van der Waals surface area contributed by atoms with Gasteiger partial charge in [-0.25, -0.2) is 9.61 Å². The molecule has 0 aromatic carbocycles. The van der Waals surface area contributed by atoms with E-state index in [4.69, 9.17) is 9.37 Å². The van der Waals surface area contributed by atoms with Gasteiger partial charge in [0.2, 0.25) is 16.9 Å². The number of nitrogens with zero attached hydrogens (tertiary/aromatic N) is 6. The van der Waals surface area contributed by atoms with Gasteiger partial charge in [-0.1, -0.05) is 0 Å². The topological polar surface area (TPSA) is 120 Å². The molecule has 1 N–H and O–H groups in total. The molecular weight excluding hydrogens is 290 g/mol. The number of ether oxygens (including phenoxy) is 1. The fourth-order valence-corrected chi connectivity index (χ4v) is 2.06. The van der Waals surface area contributed by atoms with Crippen molar-refractivity contribution in [3.8, 4) is 0 Å². The predicted molar refractivity (Wildman–Crippen MR) is 75.2 cm³/mol. The molecule has 0 aliphatic carbocycles. The van der Waals surface area contributed by atoms with E-state index >= 15 is 0 Å². The van der Waals surface area contributed by atoms with Crippen LogP contribution in [0.15, 0.2) is 4.63 Å². The van der Waals surface area contributed by atoms with Crippen molar-refractivity contribution in [2.75, 3.05) is 11.9 Å². The molecule has 22 heavy (non-hydrogen) atoms. The van der Waals surface area contributed by atoms with Crippen LogP contribution in [0.3, 0.4) is 0 Å². The van der Waals surface area contributed by atoms with Gasteiger partial charge >= 0.3 is 5.97 Å². The summed E-state index contributed by atoms with van der Waals surface area (Å²) in [6.45, 7) is 5.99. The lowest BCUT2D eigenvalue weighted by atomic mass is 10.4. The van der Waals surface area contributed by atoms with E-state index in [-0.39, 0.29) is 12.5 Å². The van der Waals surface area contributed by atoms with Crippen LogP contribution in [0, 0.1) is 0 Å². The minimum absolute atomic E-state index is 0.0257. The zero-order valence-corrected chi connectivity index (χ0v) is 12.4. The molecule has 10 nitrogen and oxygen atoms in total. The quantitative estimate of drug-likeness (QED) is 0.675. The summed E-state index contributed by atoms with van der Waals surface area (Å²) in [5, 5.41) is 18.8. The lowest BCUT2D eigenvalue weighted by Gasteiger charge is -2.09. The molecule has 116 valence electrons. The Balaban J connectivity index is 2.15. The van der Waals surface area contributed by atoms with Crippen LogP contribution in [-0.4, -0.2) is 48.5 Å². The minimum atomic E-state index is -0.392. The number of fused-ring (bicyclic) bond motifs is 3. The van der Waals surface area contributed by atoms with E-state index in [0.717, 1.165) is 0 Å². The summed E-state index contributed by atoms with van der Waals surface area (Å²) in [4.78, 5) is 16.0. The molecule has 3 rings (SSSR count). The molecule has 10 heteroatoms. The van der Waals surface area contributed by atoms with Crippen molar-refractivity contribution >= 4 is 28.7 Å². The molecule has 0 bridgehead atoms. The monoisotopic (exact) mass is 305 g/mol. The molecule has 3 aromatic heterocycles. The molecule has 0 aliphatic rings. The third-order valence-electron chi connectivity index (χ3n) is 2.86. The van der Waals surface area contributed by atoms with Crippen molar-refractivity contribution in [3.05, 3.63) is 5.82 Å².